The van der Waals surface area contributed by atoms with E-state index in [1.807, 2.05) is 6.07 Å². The van der Waals surface area contributed by atoms with Crippen LogP contribution in [0.25, 0.3) is 0 Å². The Hall–Kier alpha value is -3.67. The van der Waals surface area contributed by atoms with Crippen molar-refractivity contribution in [1.29, 1.82) is 5.26 Å². The predicted molar refractivity (Wildman–Crippen MR) is 193 cm³/mol. The van der Waals surface area contributed by atoms with Gasteiger partial charge in [-0.1, -0.05) is 92.9 Å². The number of unbranched alkanes of at least 4 members (excludes halogenated alkanes) is 4. The average Bonchev–Trinajstić information content (AvgIpc) is 3.08. The molecule has 0 fully saturated rings. The summed E-state index contributed by atoms with van der Waals surface area (Å²) in [5.41, 5.74) is 0.860. The molecule has 1 N–H and O–H groups in total. The van der Waals surface area contributed by atoms with E-state index in [2.05, 4.69) is 56.7 Å². The van der Waals surface area contributed by atoms with Crippen molar-refractivity contribution in [2.75, 3.05) is 31.2 Å². The second kappa shape index (κ2) is 21.3. The van der Waals surface area contributed by atoms with E-state index in [0.29, 0.717) is 36.2 Å². The van der Waals surface area contributed by atoms with Gasteiger partial charge in [0.15, 0.2) is 5.69 Å². The Morgan fingerprint density at radius 1 is 0.851 bits per heavy atom. The van der Waals surface area contributed by atoms with Gasteiger partial charge >= 0.3 is 0 Å². The molecular weight excluding hydrogens is 588 g/mol. The molecule has 1 aromatic heterocycles. The third-order valence-electron chi connectivity index (χ3n) is 9.19. The van der Waals surface area contributed by atoms with Crippen LogP contribution in [0.5, 0.6) is 5.88 Å². The fourth-order valence-corrected chi connectivity index (χ4v) is 5.92. The lowest BCUT2D eigenvalue weighted by molar-refractivity contribution is 0.0685. The molecule has 9 nitrogen and oxygen atoms in total. The van der Waals surface area contributed by atoms with Crippen LogP contribution in [0.3, 0.4) is 0 Å². The van der Waals surface area contributed by atoms with Crippen molar-refractivity contribution >= 4 is 17.3 Å². The average molecular weight is 649 g/mol. The van der Waals surface area contributed by atoms with Gasteiger partial charge in [-0.3, -0.25) is 9.59 Å². The molecule has 1 heterocycles. The SMILES string of the molecule is CCCCC(CC)CN(CC(CC)CCCC)C(=O)c1ccc(/N=N/c2c(C)c(C#N)c(=O)n(N(CCCC)CCCC)c2O)cc1. The van der Waals surface area contributed by atoms with Crippen molar-refractivity contribution in [3.05, 3.63) is 51.3 Å². The van der Waals surface area contributed by atoms with Crippen molar-refractivity contribution in [3.63, 3.8) is 0 Å². The zero-order valence-electron chi connectivity index (χ0n) is 30.2. The van der Waals surface area contributed by atoms with Crippen molar-refractivity contribution in [2.24, 2.45) is 22.1 Å². The minimum absolute atomic E-state index is 0.0388. The van der Waals surface area contributed by atoms with Crippen molar-refractivity contribution in [3.8, 4) is 11.9 Å². The van der Waals surface area contributed by atoms with E-state index in [9.17, 15) is 20.0 Å². The first-order chi connectivity index (χ1) is 22.7. The zero-order valence-corrected chi connectivity index (χ0v) is 30.2. The van der Waals surface area contributed by atoms with Gasteiger partial charge in [-0.15, -0.1) is 5.11 Å². The number of amides is 1. The molecule has 2 rings (SSSR count). The highest BCUT2D eigenvalue weighted by Gasteiger charge is 2.24. The Kier molecular flexibility index (Phi) is 17.9. The van der Waals surface area contributed by atoms with Crippen LogP contribution in [0.4, 0.5) is 11.4 Å². The van der Waals surface area contributed by atoms with Crippen molar-refractivity contribution in [2.45, 2.75) is 126 Å². The lowest BCUT2D eigenvalue weighted by Gasteiger charge is -2.31. The largest absolute Gasteiger partial charge is 0.492 e. The van der Waals surface area contributed by atoms with Gasteiger partial charge in [0.05, 0.1) is 5.69 Å². The van der Waals surface area contributed by atoms with Gasteiger partial charge in [0.25, 0.3) is 11.5 Å². The molecule has 260 valence electrons. The van der Waals surface area contributed by atoms with E-state index >= 15 is 0 Å². The number of azo groups is 1. The maximum atomic E-state index is 13.9. The van der Waals surface area contributed by atoms with Crippen LogP contribution in [-0.2, 0) is 0 Å². The lowest BCUT2D eigenvalue weighted by atomic mass is 9.95. The van der Waals surface area contributed by atoms with Crippen molar-refractivity contribution < 1.29 is 9.90 Å². The fourth-order valence-electron chi connectivity index (χ4n) is 5.92. The third-order valence-corrected chi connectivity index (χ3v) is 9.19. The number of nitrogens with zero attached hydrogens (tertiary/aromatic N) is 6. The summed E-state index contributed by atoms with van der Waals surface area (Å²) < 4.78 is 1.19. The van der Waals surface area contributed by atoms with Gasteiger partial charge in [0.1, 0.15) is 11.6 Å². The Morgan fingerprint density at radius 3 is 1.81 bits per heavy atom. The number of benzene rings is 1. The molecule has 0 bridgehead atoms. The van der Waals surface area contributed by atoms with E-state index < -0.39 is 5.56 Å². The molecule has 47 heavy (non-hydrogen) atoms. The molecule has 1 amide bonds. The van der Waals surface area contributed by atoms with E-state index in [1.54, 1.807) is 36.2 Å². The Morgan fingerprint density at radius 2 is 1.36 bits per heavy atom. The summed E-state index contributed by atoms with van der Waals surface area (Å²) in [6.07, 6.45) is 12.5. The molecule has 0 aliphatic rings. The highest BCUT2D eigenvalue weighted by molar-refractivity contribution is 5.94. The van der Waals surface area contributed by atoms with E-state index in [4.69, 9.17) is 0 Å². The molecule has 0 saturated carbocycles. The summed E-state index contributed by atoms with van der Waals surface area (Å²) >= 11 is 0. The topological polar surface area (TPSA) is 114 Å². The number of nitriles is 1. The van der Waals surface area contributed by atoms with E-state index in [0.717, 1.165) is 77.3 Å². The van der Waals surface area contributed by atoms with Crippen LogP contribution in [0.1, 0.15) is 140 Å². The van der Waals surface area contributed by atoms with Crippen molar-refractivity contribution in [1.82, 2.24) is 9.58 Å². The molecule has 1 aromatic carbocycles. The highest BCUT2D eigenvalue weighted by Crippen LogP contribution is 2.32. The Labute approximate surface area is 283 Å². The molecule has 2 aromatic rings. The molecule has 0 spiro atoms. The first-order valence-electron chi connectivity index (χ1n) is 18.2. The standard InChI is InChI=1S/C38H60N6O3/c1-8-14-18-30(12-5)27-42(28-31(13-6)19-15-9-2)36(45)32-20-22-33(23-21-32)40-41-35-29(7)34(26-39)37(46)44(38(35)47)43(24-16-10-3)25-17-11-4/h20-23,30-31,47H,8-19,24-25,27-28H2,1-7H3/b41-40+. The Bertz CT molecular complexity index is 1340. The molecule has 0 saturated heterocycles. The molecular formula is C38H60N6O3. The van der Waals surface area contributed by atoms with Crippen LogP contribution in [0.15, 0.2) is 39.3 Å². The predicted octanol–water partition coefficient (Wildman–Crippen LogP) is 9.56. The number of pyridine rings is 1. The lowest BCUT2D eigenvalue weighted by Crippen LogP contribution is -2.44. The maximum absolute atomic E-state index is 13.9. The van der Waals surface area contributed by atoms with Crippen LogP contribution < -0.4 is 10.6 Å². The second-order valence-corrected chi connectivity index (χ2v) is 12.9. The van der Waals surface area contributed by atoms with Gasteiger partial charge in [-0.2, -0.15) is 15.1 Å². The third kappa shape index (κ3) is 11.5. The molecule has 0 aliphatic heterocycles. The summed E-state index contributed by atoms with van der Waals surface area (Å²) in [6, 6.07) is 9.08. The summed E-state index contributed by atoms with van der Waals surface area (Å²) in [6.45, 7) is 17.3. The minimum atomic E-state index is -0.555. The zero-order chi connectivity index (χ0) is 34.8. The quantitative estimate of drug-likeness (QED) is 0.128. The number of hydrogen-bond donors (Lipinski definition) is 1. The van der Waals surface area contributed by atoms with E-state index in [-0.39, 0.29) is 28.6 Å². The molecule has 9 heteroatoms. The van der Waals surface area contributed by atoms with Gasteiger partial charge in [0, 0.05) is 37.3 Å². The van der Waals surface area contributed by atoms with Crippen LogP contribution in [0, 0.1) is 30.1 Å². The summed E-state index contributed by atoms with van der Waals surface area (Å²) in [5.74, 6) is 0.671. The molecule has 0 aliphatic carbocycles. The van der Waals surface area contributed by atoms with Gasteiger partial charge < -0.3 is 15.0 Å². The number of rotatable bonds is 22. The number of aromatic hydroxyl groups is 1. The highest BCUT2D eigenvalue weighted by atomic mass is 16.3. The van der Waals surface area contributed by atoms with E-state index in [1.165, 1.54) is 17.5 Å². The van der Waals surface area contributed by atoms with Crippen LogP contribution in [0.2, 0.25) is 0 Å². The Balaban J connectivity index is 2.42. The van der Waals surface area contributed by atoms with Crippen LogP contribution in [-0.4, -0.2) is 46.8 Å². The molecule has 0 radical (unpaired) electrons. The van der Waals surface area contributed by atoms with Gasteiger partial charge in [-0.05, 0) is 68.7 Å². The van der Waals surface area contributed by atoms with Gasteiger partial charge in [-0.25, -0.2) is 0 Å². The second-order valence-electron chi connectivity index (χ2n) is 12.9. The number of carbonyl (C=O) groups is 1. The number of aromatic nitrogens is 1. The summed E-state index contributed by atoms with van der Waals surface area (Å²) in [4.78, 5) is 29.3. The monoisotopic (exact) mass is 648 g/mol. The molecule has 2 unspecified atom stereocenters. The fraction of sp³-hybridized carbons (Fsp3) is 0.658. The molecule has 2 atom stereocenters. The minimum Gasteiger partial charge on any atom is -0.492 e. The maximum Gasteiger partial charge on any atom is 0.290 e. The van der Waals surface area contributed by atoms with Crippen LogP contribution >= 0.6 is 0 Å². The summed E-state index contributed by atoms with van der Waals surface area (Å²) in [7, 11) is 0. The number of hydrogen-bond acceptors (Lipinski definition) is 7. The number of carbonyl (C=O) groups excluding carboxylic acids is 1. The normalized spacial score (nSPS) is 12.6. The first-order valence-corrected chi connectivity index (χ1v) is 18.2. The smallest absolute Gasteiger partial charge is 0.290 e. The summed E-state index contributed by atoms with van der Waals surface area (Å²) in [5, 5.41) is 31.6. The first kappa shape index (κ1) is 39.5. The van der Waals surface area contributed by atoms with Gasteiger partial charge in [0.2, 0.25) is 5.88 Å².